The molecule has 266 valence electrons. The molecular formula is C34H47N7O8. The molecule has 0 atom stereocenters. The predicted octanol–water partition coefficient (Wildman–Crippen LogP) is 2.45. The highest BCUT2D eigenvalue weighted by molar-refractivity contribution is 6.03. The monoisotopic (exact) mass is 681 g/mol. The smallest absolute Gasteiger partial charge is 0.325 e. The van der Waals surface area contributed by atoms with Gasteiger partial charge in [0.1, 0.15) is 0 Å². The van der Waals surface area contributed by atoms with Gasteiger partial charge in [0.15, 0.2) is 0 Å². The Hall–Kier alpha value is -4.70. The number of rotatable bonds is 12. The molecule has 49 heavy (non-hydrogen) atoms. The van der Waals surface area contributed by atoms with Crippen molar-refractivity contribution in [3.63, 3.8) is 0 Å². The number of benzene rings is 2. The van der Waals surface area contributed by atoms with Crippen LogP contribution in [0.1, 0.15) is 58.3 Å². The molecule has 2 aromatic rings. The third-order valence-electron chi connectivity index (χ3n) is 6.94. The molecule has 0 unspecified atom stereocenters. The zero-order valence-corrected chi connectivity index (χ0v) is 29.6. The Bertz CT molecular complexity index is 1470. The standard InChI is InChI=1S/C17H24N4O4.C17H23N3O4/c1-19(2)10-12-7-13(11-20(3)4)9-14(8-12)18-17(24)25-21-15(22)5-6-16(21)23;1-18(2)10-12-7-13(11-19(3)4)9-14(8-12)17(23)24-20-15(21)5-6-16(20)22/h7-9H,5-6,10-11H2,1-4H3,(H,18,24);7-9H,5-6,10-11H2,1-4H3. The van der Waals surface area contributed by atoms with Crippen molar-refractivity contribution in [3.05, 3.63) is 64.2 Å². The number of nitrogens with zero attached hydrogens (tertiary/aromatic N) is 6. The van der Waals surface area contributed by atoms with Crippen LogP contribution in [0.3, 0.4) is 0 Å². The van der Waals surface area contributed by atoms with E-state index in [1.165, 1.54) is 0 Å². The number of carbonyl (C=O) groups excluding carboxylic acids is 6. The van der Waals surface area contributed by atoms with Gasteiger partial charge in [-0.05, 0) is 103 Å². The van der Waals surface area contributed by atoms with Crippen molar-refractivity contribution in [2.24, 2.45) is 0 Å². The molecule has 1 N–H and O–H groups in total. The highest BCUT2D eigenvalue weighted by atomic mass is 16.7. The lowest BCUT2D eigenvalue weighted by molar-refractivity contribution is -0.173. The molecule has 0 spiro atoms. The topological polar surface area (TPSA) is 152 Å². The minimum Gasteiger partial charge on any atom is -0.325 e. The summed E-state index contributed by atoms with van der Waals surface area (Å²) in [6, 6.07) is 11.2. The molecule has 15 nitrogen and oxygen atoms in total. The molecule has 0 saturated carbocycles. The maximum absolute atomic E-state index is 12.4. The van der Waals surface area contributed by atoms with Crippen LogP contribution in [-0.4, -0.2) is 122 Å². The SMILES string of the molecule is CN(C)Cc1cc(CN(C)C)cc(C(=O)ON2C(=O)CCC2=O)c1.CN(C)Cc1cc(CN(C)C)cc(NC(=O)ON2C(=O)CCC2=O)c1. The van der Waals surface area contributed by atoms with Crippen LogP contribution in [0, 0.1) is 0 Å². The molecule has 2 aliphatic rings. The largest absolute Gasteiger partial charge is 0.436 e. The molecule has 0 aromatic heterocycles. The normalized spacial score (nSPS) is 14.7. The Balaban J connectivity index is 0.000000266. The molecule has 0 bridgehead atoms. The number of nitrogens with one attached hydrogen (secondary N) is 1. The molecule has 2 saturated heterocycles. The summed E-state index contributed by atoms with van der Waals surface area (Å²) >= 11 is 0. The van der Waals surface area contributed by atoms with Crippen molar-refractivity contribution in [3.8, 4) is 0 Å². The first kappa shape index (κ1) is 38.7. The number of imide groups is 2. The van der Waals surface area contributed by atoms with Crippen molar-refractivity contribution in [2.75, 3.05) is 61.7 Å². The zero-order valence-electron chi connectivity index (χ0n) is 29.6. The summed E-state index contributed by atoms with van der Waals surface area (Å²) in [4.78, 5) is 88.5. The van der Waals surface area contributed by atoms with E-state index >= 15 is 0 Å². The molecule has 4 rings (SSSR count). The number of hydrogen-bond donors (Lipinski definition) is 1. The summed E-state index contributed by atoms with van der Waals surface area (Å²) in [7, 11) is 15.6. The van der Waals surface area contributed by atoms with Gasteiger partial charge in [0.05, 0.1) is 5.56 Å². The second-order valence-electron chi connectivity index (χ2n) is 13.1. The lowest BCUT2D eigenvalue weighted by atomic mass is 10.0. The van der Waals surface area contributed by atoms with Crippen molar-refractivity contribution in [2.45, 2.75) is 51.9 Å². The average molecular weight is 682 g/mol. The third-order valence-corrected chi connectivity index (χ3v) is 6.94. The fourth-order valence-corrected chi connectivity index (χ4v) is 5.22. The summed E-state index contributed by atoms with van der Waals surface area (Å²) in [6.07, 6.45) is -0.562. The summed E-state index contributed by atoms with van der Waals surface area (Å²) in [5.74, 6) is -2.67. The van der Waals surface area contributed by atoms with Crippen LogP contribution in [-0.2, 0) is 55.0 Å². The van der Waals surface area contributed by atoms with E-state index in [9.17, 15) is 28.8 Å². The number of hydroxylamine groups is 4. The lowest BCUT2D eigenvalue weighted by Gasteiger charge is -2.17. The van der Waals surface area contributed by atoms with Gasteiger partial charge in [0.2, 0.25) is 0 Å². The first-order valence-electron chi connectivity index (χ1n) is 15.8. The quantitative estimate of drug-likeness (QED) is 0.328. The van der Waals surface area contributed by atoms with E-state index in [1.807, 2.05) is 94.2 Å². The van der Waals surface area contributed by atoms with Crippen LogP contribution in [0.2, 0.25) is 0 Å². The minimum absolute atomic E-state index is 0.0669. The van der Waals surface area contributed by atoms with Crippen molar-refractivity contribution < 1.29 is 38.4 Å². The van der Waals surface area contributed by atoms with Gasteiger partial charge in [-0.25, -0.2) is 9.59 Å². The van der Waals surface area contributed by atoms with E-state index < -0.39 is 35.7 Å². The van der Waals surface area contributed by atoms with Crippen LogP contribution >= 0.6 is 0 Å². The summed E-state index contributed by atoms with van der Waals surface area (Å²) in [5.41, 5.74) is 4.88. The van der Waals surface area contributed by atoms with Gasteiger partial charge in [0, 0.05) is 57.5 Å². The number of anilines is 1. The molecule has 0 aliphatic carbocycles. The second-order valence-corrected chi connectivity index (χ2v) is 13.1. The fraction of sp³-hybridized carbons (Fsp3) is 0.471. The first-order chi connectivity index (χ1) is 23.0. The molecule has 5 amide bonds. The Morgan fingerprint density at radius 1 is 0.551 bits per heavy atom. The number of carbonyl (C=O) groups is 6. The van der Waals surface area contributed by atoms with Gasteiger partial charge in [-0.3, -0.25) is 24.5 Å². The Kier molecular flexibility index (Phi) is 13.9. The zero-order chi connectivity index (χ0) is 36.4. The van der Waals surface area contributed by atoms with E-state index in [0.717, 1.165) is 22.3 Å². The summed E-state index contributed by atoms with van der Waals surface area (Å²) < 4.78 is 0. The van der Waals surface area contributed by atoms with Crippen LogP contribution < -0.4 is 5.32 Å². The van der Waals surface area contributed by atoms with Gasteiger partial charge in [-0.1, -0.05) is 12.1 Å². The minimum atomic E-state index is -0.860. The molecule has 2 fully saturated rings. The molecule has 2 aliphatic heterocycles. The van der Waals surface area contributed by atoms with E-state index in [1.54, 1.807) is 12.1 Å². The number of hydrogen-bond acceptors (Lipinski definition) is 12. The van der Waals surface area contributed by atoms with Gasteiger partial charge < -0.3 is 29.3 Å². The highest BCUT2D eigenvalue weighted by Crippen LogP contribution is 2.20. The molecular weight excluding hydrogens is 634 g/mol. The maximum Gasteiger partial charge on any atom is 0.436 e. The second kappa shape index (κ2) is 17.6. The van der Waals surface area contributed by atoms with Gasteiger partial charge >= 0.3 is 12.1 Å². The van der Waals surface area contributed by atoms with E-state index in [-0.39, 0.29) is 25.7 Å². The van der Waals surface area contributed by atoms with Crippen LogP contribution in [0.25, 0.3) is 0 Å². The van der Waals surface area contributed by atoms with Gasteiger partial charge in [-0.15, -0.1) is 10.1 Å². The molecule has 15 heteroatoms. The summed E-state index contributed by atoms with van der Waals surface area (Å²) in [6.45, 7) is 2.77. The molecule has 2 heterocycles. The fourth-order valence-electron chi connectivity index (χ4n) is 5.22. The van der Waals surface area contributed by atoms with E-state index in [0.29, 0.717) is 47.6 Å². The maximum atomic E-state index is 12.4. The molecule has 2 aromatic carbocycles. The predicted molar refractivity (Wildman–Crippen MR) is 180 cm³/mol. The van der Waals surface area contributed by atoms with Gasteiger partial charge in [0.25, 0.3) is 23.6 Å². The third kappa shape index (κ3) is 12.4. The molecule has 0 radical (unpaired) electrons. The van der Waals surface area contributed by atoms with Gasteiger partial charge in [-0.2, -0.15) is 0 Å². The highest BCUT2D eigenvalue weighted by Gasteiger charge is 2.34. The van der Waals surface area contributed by atoms with Crippen LogP contribution in [0.15, 0.2) is 36.4 Å². The van der Waals surface area contributed by atoms with Crippen molar-refractivity contribution >= 4 is 41.4 Å². The van der Waals surface area contributed by atoms with E-state index in [4.69, 9.17) is 9.68 Å². The van der Waals surface area contributed by atoms with Crippen molar-refractivity contribution in [1.29, 1.82) is 0 Å². The number of amides is 5. The lowest BCUT2D eigenvalue weighted by Crippen LogP contribution is -2.34. The first-order valence-corrected chi connectivity index (χ1v) is 15.8. The Morgan fingerprint density at radius 3 is 1.22 bits per heavy atom. The summed E-state index contributed by atoms with van der Waals surface area (Å²) in [5, 5.41) is 3.70. The average Bonchev–Trinajstić information content (AvgIpc) is 3.46. The Labute approximate surface area is 287 Å². The Morgan fingerprint density at radius 2 is 0.878 bits per heavy atom. The van der Waals surface area contributed by atoms with E-state index in [2.05, 4.69) is 11.4 Å². The van der Waals surface area contributed by atoms with Crippen molar-refractivity contribution in [1.82, 2.24) is 29.7 Å². The van der Waals surface area contributed by atoms with Crippen LogP contribution in [0.5, 0.6) is 0 Å². The van der Waals surface area contributed by atoms with Crippen LogP contribution in [0.4, 0.5) is 10.5 Å².